The van der Waals surface area contributed by atoms with E-state index in [4.69, 9.17) is 4.42 Å². The summed E-state index contributed by atoms with van der Waals surface area (Å²) in [4.78, 5) is 0. The van der Waals surface area contributed by atoms with Gasteiger partial charge in [0.25, 0.3) is 0 Å². The van der Waals surface area contributed by atoms with Gasteiger partial charge in [-0.15, -0.1) is 11.3 Å². The van der Waals surface area contributed by atoms with Crippen LogP contribution in [0.4, 0.5) is 0 Å². The van der Waals surface area contributed by atoms with Gasteiger partial charge in [0.2, 0.25) is 0 Å². The standard InChI is InChI=1S/C52H30OS/c1-2-12-33-28-35(21-20-31(33)10-1)34-13-9-14-36(29-34)48-39-16-5-7-18-41(39)49(42-19-8-6-17-40(42)48)37-23-26-46-44(30-37)51-47(54-46)27-25-45-50(51)43-24-22-32-11-3-4-15-38(32)52(43)53-45/h1-30H. The molecule has 0 fully saturated rings. The Morgan fingerprint density at radius 2 is 0.889 bits per heavy atom. The van der Waals surface area contributed by atoms with Gasteiger partial charge in [-0.2, -0.15) is 0 Å². The fourth-order valence-corrected chi connectivity index (χ4v) is 10.1. The molecule has 1 nitrogen and oxygen atoms in total. The van der Waals surface area contributed by atoms with Gasteiger partial charge in [-0.1, -0.05) is 140 Å². The van der Waals surface area contributed by atoms with Crippen molar-refractivity contribution in [1.29, 1.82) is 0 Å². The molecule has 0 aliphatic heterocycles. The Morgan fingerprint density at radius 1 is 0.315 bits per heavy atom. The molecule has 0 radical (unpaired) electrons. The number of thiophene rings is 1. The largest absolute Gasteiger partial charge is 0.455 e. The topological polar surface area (TPSA) is 13.1 Å². The number of furan rings is 1. The molecule has 2 heterocycles. The van der Waals surface area contributed by atoms with E-state index in [-0.39, 0.29) is 0 Å². The van der Waals surface area contributed by atoms with Gasteiger partial charge in [-0.05, 0) is 114 Å². The number of rotatable bonds is 3. The maximum absolute atomic E-state index is 6.64. The van der Waals surface area contributed by atoms with E-state index in [0.717, 1.165) is 16.6 Å². The Hall–Kier alpha value is -6.74. The highest BCUT2D eigenvalue weighted by Gasteiger charge is 2.20. The number of benzene rings is 10. The molecule has 0 aliphatic rings. The zero-order valence-electron chi connectivity index (χ0n) is 29.1. The van der Waals surface area contributed by atoms with Crippen LogP contribution >= 0.6 is 11.3 Å². The molecule has 54 heavy (non-hydrogen) atoms. The molecule has 2 aromatic heterocycles. The third-order valence-corrected chi connectivity index (χ3v) is 12.5. The van der Waals surface area contributed by atoms with Crippen LogP contribution in [0.3, 0.4) is 0 Å². The van der Waals surface area contributed by atoms with Crippen molar-refractivity contribution in [1.82, 2.24) is 0 Å². The van der Waals surface area contributed by atoms with Gasteiger partial charge in [0.1, 0.15) is 11.2 Å². The molecule has 0 N–H and O–H groups in total. The van der Waals surface area contributed by atoms with Gasteiger partial charge in [-0.25, -0.2) is 0 Å². The molecule has 0 atom stereocenters. The molecule has 0 bridgehead atoms. The third-order valence-electron chi connectivity index (χ3n) is 11.4. The SMILES string of the molecule is c1cc(-c2ccc3ccccc3c2)cc(-c2c3ccccc3c(-c3ccc4sc5ccc6oc7c8ccccc8ccc7c6c5c4c3)c3ccccc23)c1. The summed E-state index contributed by atoms with van der Waals surface area (Å²) in [6, 6.07) is 66.8. The van der Waals surface area contributed by atoms with Gasteiger partial charge in [0.05, 0.1) is 0 Å². The predicted molar refractivity (Wildman–Crippen MR) is 233 cm³/mol. The fourth-order valence-electron chi connectivity index (χ4n) is 8.99. The normalized spacial score (nSPS) is 12.1. The van der Waals surface area contributed by atoms with Crippen LogP contribution in [0.25, 0.3) is 119 Å². The maximum Gasteiger partial charge on any atom is 0.143 e. The summed E-state index contributed by atoms with van der Waals surface area (Å²) in [6.45, 7) is 0. The summed E-state index contributed by atoms with van der Waals surface area (Å²) < 4.78 is 9.20. The van der Waals surface area contributed by atoms with Gasteiger partial charge in [0.15, 0.2) is 0 Å². The average Bonchev–Trinajstić information content (AvgIpc) is 3.81. The lowest BCUT2D eigenvalue weighted by molar-refractivity contribution is 0.673. The number of hydrogen-bond donors (Lipinski definition) is 0. The van der Waals surface area contributed by atoms with Gasteiger partial charge >= 0.3 is 0 Å². The molecule has 2 heteroatoms. The van der Waals surface area contributed by atoms with Crippen molar-refractivity contribution in [2.24, 2.45) is 0 Å². The van der Waals surface area contributed by atoms with E-state index in [2.05, 4.69) is 182 Å². The summed E-state index contributed by atoms with van der Waals surface area (Å²) >= 11 is 1.86. The second kappa shape index (κ2) is 11.4. The lowest BCUT2D eigenvalue weighted by Crippen LogP contribution is -1.91. The smallest absolute Gasteiger partial charge is 0.143 e. The minimum Gasteiger partial charge on any atom is -0.455 e. The van der Waals surface area contributed by atoms with Crippen LogP contribution in [0, 0.1) is 0 Å². The highest BCUT2D eigenvalue weighted by molar-refractivity contribution is 7.26. The first kappa shape index (κ1) is 29.8. The number of hydrogen-bond acceptors (Lipinski definition) is 2. The van der Waals surface area contributed by atoms with E-state index < -0.39 is 0 Å². The Labute approximate surface area is 314 Å². The van der Waals surface area contributed by atoms with Crippen molar-refractivity contribution in [2.75, 3.05) is 0 Å². The number of fused-ring (bicyclic) bond motifs is 12. The molecule has 12 aromatic rings. The molecule has 0 aliphatic carbocycles. The molecular formula is C52H30OS. The second-order valence-corrected chi connectivity index (χ2v) is 15.5. The molecule has 10 aromatic carbocycles. The molecule has 0 saturated carbocycles. The van der Waals surface area contributed by atoms with E-state index in [1.165, 1.54) is 102 Å². The minimum atomic E-state index is 0.935. The van der Waals surface area contributed by atoms with Crippen LogP contribution in [0.15, 0.2) is 186 Å². The average molecular weight is 703 g/mol. The summed E-state index contributed by atoms with van der Waals surface area (Å²) in [5.41, 5.74) is 9.33. The monoisotopic (exact) mass is 702 g/mol. The quantitative estimate of drug-likeness (QED) is 0.167. The zero-order chi connectivity index (χ0) is 35.3. The van der Waals surface area contributed by atoms with Crippen LogP contribution in [0.5, 0.6) is 0 Å². The van der Waals surface area contributed by atoms with Crippen molar-refractivity contribution >= 4 is 96.5 Å². The summed E-state index contributed by atoms with van der Waals surface area (Å²) in [6.07, 6.45) is 0. The van der Waals surface area contributed by atoms with Crippen molar-refractivity contribution in [3.63, 3.8) is 0 Å². The van der Waals surface area contributed by atoms with Crippen LogP contribution in [-0.4, -0.2) is 0 Å². The summed E-state index contributed by atoms with van der Waals surface area (Å²) in [7, 11) is 0. The third kappa shape index (κ3) is 4.32. The Balaban J connectivity index is 1.10. The van der Waals surface area contributed by atoms with E-state index in [9.17, 15) is 0 Å². The van der Waals surface area contributed by atoms with Crippen molar-refractivity contribution < 1.29 is 4.42 Å². The van der Waals surface area contributed by atoms with Crippen LogP contribution in [0.1, 0.15) is 0 Å². The van der Waals surface area contributed by atoms with E-state index in [0.29, 0.717) is 0 Å². The first-order valence-corrected chi connectivity index (χ1v) is 19.3. The lowest BCUT2D eigenvalue weighted by atomic mass is 9.85. The van der Waals surface area contributed by atoms with Crippen molar-refractivity contribution in [2.45, 2.75) is 0 Å². The molecule has 0 amide bonds. The lowest BCUT2D eigenvalue weighted by Gasteiger charge is -2.18. The van der Waals surface area contributed by atoms with E-state index in [1.807, 2.05) is 11.3 Å². The first-order chi connectivity index (χ1) is 26.8. The van der Waals surface area contributed by atoms with Crippen molar-refractivity contribution in [3.8, 4) is 33.4 Å². The Bertz CT molecular complexity index is 3450. The van der Waals surface area contributed by atoms with E-state index in [1.54, 1.807) is 0 Å². The molecule has 0 unspecified atom stereocenters. The Morgan fingerprint density at radius 3 is 1.65 bits per heavy atom. The van der Waals surface area contributed by atoms with Crippen LogP contribution in [0.2, 0.25) is 0 Å². The fraction of sp³-hybridized carbons (Fsp3) is 0. The van der Waals surface area contributed by atoms with Crippen molar-refractivity contribution in [3.05, 3.63) is 182 Å². The summed E-state index contributed by atoms with van der Waals surface area (Å²) in [5, 5.41) is 14.8. The highest BCUT2D eigenvalue weighted by Crippen LogP contribution is 2.48. The maximum atomic E-state index is 6.64. The van der Waals surface area contributed by atoms with Crippen LogP contribution < -0.4 is 0 Å². The van der Waals surface area contributed by atoms with Crippen LogP contribution in [-0.2, 0) is 0 Å². The molecule has 0 saturated heterocycles. The minimum absolute atomic E-state index is 0.935. The first-order valence-electron chi connectivity index (χ1n) is 18.5. The van der Waals surface area contributed by atoms with Gasteiger partial charge < -0.3 is 4.42 Å². The highest BCUT2D eigenvalue weighted by atomic mass is 32.1. The van der Waals surface area contributed by atoms with Gasteiger partial charge in [-0.3, -0.25) is 0 Å². The predicted octanol–water partition coefficient (Wildman–Crippen LogP) is 15.6. The summed E-state index contributed by atoms with van der Waals surface area (Å²) in [5.74, 6) is 0. The molecule has 250 valence electrons. The van der Waals surface area contributed by atoms with E-state index >= 15 is 0 Å². The Kier molecular flexibility index (Phi) is 6.28. The second-order valence-electron chi connectivity index (χ2n) is 14.4. The van der Waals surface area contributed by atoms with Gasteiger partial charge in [0, 0.05) is 36.3 Å². The molecular weight excluding hydrogens is 673 g/mol. The molecule has 0 spiro atoms. The zero-order valence-corrected chi connectivity index (χ0v) is 30.0. The molecule has 12 rings (SSSR count).